The summed E-state index contributed by atoms with van der Waals surface area (Å²) in [6.45, 7) is 6.68. The molecule has 0 spiro atoms. The Balaban J connectivity index is 1.51. The molecule has 1 saturated heterocycles. The van der Waals surface area contributed by atoms with E-state index in [1.165, 1.54) is 0 Å². The first-order valence-corrected chi connectivity index (χ1v) is 8.99. The zero-order valence-electron chi connectivity index (χ0n) is 14.5. The third-order valence-electron chi connectivity index (χ3n) is 5.13. The number of aliphatic hydroxyl groups excluding tert-OH is 1. The molecule has 5 heteroatoms. The summed E-state index contributed by atoms with van der Waals surface area (Å²) in [4.78, 5) is 17.2. The standard InChI is InChI=1S/C19H28N2O3/c1-2-24-15-17(22)14-20-10-12-21(13-11-20)18(23)19(8-9-19)16-6-4-3-5-7-16/h3-7,17,22H,2,8-15H2,1H3. The molecular weight excluding hydrogens is 304 g/mol. The summed E-state index contributed by atoms with van der Waals surface area (Å²) in [6, 6.07) is 10.2. The molecule has 1 atom stereocenters. The summed E-state index contributed by atoms with van der Waals surface area (Å²) in [6.07, 6.45) is 1.47. The number of β-amino-alcohol motifs (C(OH)–C–C–N with tert-alkyl or cyclic N) is 1. The normalized spacial score (nSPS) is 21.5. The minimum Gasteiger partial charge on any atom is -0.389 e. The molecule has 0 aromatic heterocycles. The lowest BCUT2D eigenvalue weighted by Gasteiger charge is -2.37. The number of amides is 1. The van der Waals surface area contributed by atoms with Gasteiger partial charge in [0, 0.05) is 39.3 Å². The van der Waals surface area contributed by atoms with Crippen LogP contribution < -0.4 is 0 Å². The predicted molar refractivity (Wildman–Crippen MR) is 92.9 cm³/mol. The Morgan fingerprint density at radius 1 is 1.21 bits per heavy atom. The maximum atomic E-state index is 13.0. The van der Waals surface area contributed by atoms with E-state index in [-0.39, 0.29) is 11.3 Å². The van der Waals surface area contributed by atoms with E-state index in [9.17, 15) is 9.90 Å². The van der Waals surface area contributed by atoms with Crippen molar-refractivity contribution in [1.82, 2.24) is 9.80 Å². The zero-order valence-corrected chi connectivity index (χ0v) is 14.5. The van der Waals surface area contributed by atoms with Crippen LogP contribution in [0.4, 0.5) is 0 Å². The zero-order chi connectivity index (χ0) is 17.0. The van der Waals surface area contributed by atoms with Gasteiger partial charge in [0.15, 0.2) is 0 Å². The first-order valence-electron chi connectivity index (χ1n) is 8.99. The van der Waals surface area contributed by atoms with Gasteiger partial charge in [-0.05, 0) is 25.3 Å². The second-order valence-corrected chi connectivity index (χ2v) is 6.85. The summed E-state index contributed by atoms with van der Waals surface area (Å²) in [5.41, 5.74) is 0.891. The second kappa shape index (κ2) is 7.64. The highest BCUT2D eigenvalue weighted by atomic mass is 16.5. The van der Waals surface area contributed by atoms with E-state index < -0.39 is 6.10 Å². The number of rotatable bonds is 7. The van der Waals surface area contributed by atoms with E-state index in [1.54, 1.807) is 0 Å². The van der Waals surface area contributed by atoms with Gasteiger partial charge in [0.2, 0.25) is 5.91 Å². The molecule has 1 N–H and O–H groups in total. The molecule has 1 heterocycles. The summed E-state index contributed by atoms with van der Waals surface area (Å²) >= 11 is 0. The van der Waals surface area contributed by atoms with Crippen molar-refractivity contribution in [3.63, 3.8) is 0 Å². The van der Waals surface area contributed by atoms with Crippen LogP contribution in [-0.4, -0.2) is 72.9 Å². The Labute approximate surface area is 144 Å². The molecule has 132 valence electrons. The van der Waals surface area contributed by atoms with Crippen molar-refractivity contribution < 1.29 is 14.6 Å². The first kappa shape index (κ1) is 17.4. The molecule has 1 aliphatic heterocycles. The van der Waals surface area contributed by atoms with Gasteiger partial charge >= 0.3 is 0 Å². The third-order valence-corrected chi connectivity index (χ3v) is 5.13. The number of carbonyl (C=O) groups is 1. The van der Waals surface area contributed by atoms with Crippen LogP contribution in [0.25, 0.3) is 0 Å². The fraction of sp³-hybridized carbons (Fsp3) is 0.632. The lowest BCUT2D eigenvalue weighted by Crippen LogP contribution is -2.53. The predicted octanol–water partition coefficient (Wildman–Crippen LogP) is 1.26. The summed E-state index contributed by atoms with van der Waals surface area (Å²) < 4.78 is 5.26. The summed E-state index contributed by atoms with van der Waals surface area (Å²) in [5.74, 6) is 0.281. The Morgan fingerprint density at radius 3 is 2.46 bits per heavy atom. The Bertz CT molecular complexity index is 537. The van der Waals surface area contributed by atoms with Gasteiger partial charge in [-0.2, -0.15) is 0 Å². The average Bonchev–Trinajstić information content (AvgIpc) is 3.43. The van der Waals surface area contributed by atoms with Gasteiger partial charge in [0.1, 0.15) is 0 Å². The van der Waals surface area contributed by atoms with Gasteiger partial charge in [-0.1, -0.05) is 30.3 Å². The van der Waals surface area contributed by atoms with Crippen molar-refractivity contribution >= 4 is 5.91 Å². The van der Waals surface area contributed by atoms with Gasteiger partial charge in [-0.3, -0.25) is 9.69 Å². The van der Waals surface area contributed by atoms with E-state index in [2.05, 4.69) is 17.0 Å². The molecule has 0 radical (unpaired) electrons. The van der Waals surface area contributed by atoms with Crippen molar-refractivity contribution in [2.75, 3.05) is 45.9 Å². The first-order chi connectivity index (χ1) is 11.7. The van der Waals surface area contributed by atoms with E-state index >= 15 is 0 Å². The Morgan fingerprint density at radius 2 is 1.88 bits per heavy atom. The number of carbonyl (C=O) groups excluding carboxylic acids is 1. The van der Waals surface area contributed by atoms with Gasteiger partial charge in [-0.15, -0.1) is 0 Å². The van der Waals surface area contributed by atoms with Crippen LogP contribution in [-0.2, 0) is 14.9 Å². The van der Waals surface area contributed by atoms with Crippen LogP contribution >= 0.6 is 0 Å². The number of hydrogen-bond donors (Lipinski definition) is 1. The molecule has 2 fully saturated rings. The Hall–Kier alpha value is -1.43. The van der Waals surface area contributed by atoms with Crippen LogP contribution in [0.1, 0.15) is 25.3 Å². The van der Waals surface area contributed by atoms with Gasteiger partial charge in [-0.25, -0.2) is 0 Å². The van der Waals surface area contributed by atoms with Crippen LogP contribution in [0, 0.1) is 0 Å². The number of nitrogens with zero attached hydrogens (tertiary/aromatic N) is 2. The summed E-state index contributed by atoms with van der Waals surface area (Å²) in [7, 11) is 0. The lowest BCUT2D eigenvalue weighted by molar-refractivity contribution is -0.136. The largest absolute Gasteiger partial charge is 0.389 e. The molecule has 1 unspecified atom stereocenters. The fourth-order valence-corrected chi connectivity index (χ4v) is 3.55. The maximum absolute atomic E-state index is 13.0. The molecule has 0 bridgehead atoms. The minimum absolute atomic E-state index is 0.266. The van der Waals surface area contributed by atoms with E-state index in [0.717, 1.165) is 44.6 Å². The Kier molecular flexibility index (Phi) is 5.54. The van der Waals surface area contributed by atoms with Gasteiger partial charge in [0.25, 0.3) is 0 Å². The monoisotopic (exact) mass is 332 g/mol. The number of benzene rings is 1. The molecule has 1 aromatic carbocycles. The molecule has 1 amide bonds. The highest BCUT2D eigenvalue weighted by Gasteiger charge is 2.53. The molecular formula is C19H28N2O3. The van der Waals surface area contributed by atoms with Crippen LogP contribution in [0.5, 0.6) is 0 Å². The summed E-state index contributed by atoms with van der Waals surface area (Å²) in [5, 5.41) is 9.95. The van der Waals surface area contributed by atoms with Crippen LogP contribution in [0.15, 0.2) is 30.3 Å². The van der Waals surface area contributed by atoms with Crippen molar-refractivity contribution in [3.8, 4) is 0 Å². The van der Waals surface area contributed by atoms with E-state index in [4.69, 9.17) is 4.74 Å². The molecule has 1 aromatic rings. The molecule has 2 aliphatic rings. The van der Waals surface area contributed by atoms with E-state index in [0.29, 0.717) is 19.8 Å². The third kappa shape index (κ3) is 3.79. The van der Waals surface area contributed by atoms with Crippen molar-refractivity contribution in [1.29, 1.82) is 0 Å². The fourth-order valence-electron chi connectivity index (χ4n) is 3.55. The van der Waals surface area contributed by atoms with Gasteiger partial charge in [0.05, 0.1) is 18.1 Å². The van der Waals surface area contributed by atoms with Crippen LogP contribution in [0.2, 0.25) is 0 Å². The SMILES string of the molecule is CCOCC(O)CN1CCN(C(=O)C2(c3ccccc3)CC2)CC1. The lowest BCUT2D eigenvalue weighted by atomic mass is 9.94. The van der Waals surface area contributed by atoms with E-state index in [1.807, 2.05) is 30.0 Å². The van der Waals surface area contributed by atoms with Gasteiger partial charge < -0.3 is 14.7 Å². The van der Waals surface area contributed by atoms with Crippen molar-refractivity contribution in [2.45, 2.75) is 31.3 Å². The average molecular weight is 332 g/mol. The molecule has 24 heavy (non-hydrogen) atoms. The molecule has 3 rings (SSSR count). The smallest absolute Gasteiger partial charge is 0.233 e. The minimum atomic E-state index is -0.453. The quantitative estimate of drug-likeness (QED) is 0.817. The number of hydrogen-bond acceptors (Lipinski definition) is 4. The van der Waals surface area contributed by atoms with Crippen LogP contribution in [0.3, 0.4) is 0 Å². The molecule has 1 aliphatic carbocycles. The molecule has 1 saturated carbocycles. The second-order valence-electron chi connectivity index (χ2n) is 6.85. The highest BCUT2D eigenvalue weighted by Crippen LogP contribution is 2.49. The van der Waals surface area contributed by atoms with Crippen molar-refractivity contribution in [2.24, 2.45) is 0 Å². The molecule has 5 nitrogen and oxygen atoms in total. The maximum Gasteiger partial charge on any atom is 0.233 e. The number of piperazine rings is 1. The number of ether oxygens (including phenoxy) is 1. The van der Waals surface area contributed by atoms with Crippen molar-refractivity contribution in [3.05, 3.63) is 35.9 Å². The number of aliphatic hydroxyl groups is 1. The highest BCUT2D eigenvalue weighted by molar-refractivity contribution is 5.91. The topological polar surface area (TPSA) is 53.0 Å².